The molecule has 7 nitrogen and oxygen atoms in total. The van der Waals surface area contributed by atoms with Crippen LogP contribution in [0.3, 0.4) is 0 Å². The first-order valence-electron chi connectivity index (χ1n) is 6.14. The molecule has 0 saturated heterocycles. The molecule has 2 rings (SSSR count). The van der Waals surface area contributed by atoms with Gasteiger partial charge in [-0.3, -0.25) is 4.79 Å². The smallest absolute Gasteiger partial charge is 0.287 e. The lowest BCUT2D eigenvalue weighted by Crippen LogP contribution is -2.26. The number of rotatable bonds is 6. The highest BCUT2D eigenvalue weighted by molar-refractivity contribution is 6.32. The van der Waals surface area contributed by atoms with Crippen LogP contribution in [0.25, 0.3) is 0 Å². The lowest BCUT2D eigenvalue weighted by Gasteiger charge is -2.14. The zero-order chi connectivity index (χ0) is 14.5. The van der Waals surface area contributed by atoms with Crippen molar-refractivity contribution in [3.05, 3.63) is 39.8 Å². The molecule has 1 atom stereocenters. The van der Waals surface area contributed by atoms with Crippen LogP contribution in [0.5, 0.6) is 0 Å². The number of aromatic nitrogens is 4. The predicted molar refractivity (Wildman–Crippen MR) is 76.0 cm³/mol. The summed E-state index contributed by atoms with van der Waals surface area (Å²) in [5.41, 5.74) is 0.134. The van der Waals surface area contributed by atoms with E-state index >= 15 is 0 Å². The number of hydrogen-bond acceptors (Lipinski definition) is 5. The lowest BCUT2D eigenvalue weighted by molar-refractivity contribution is 0.182. The van der Waals surface area contributed by atoms with E-state index in [1.54, 1.807) is 19.5 Å². The van der Waals surface area contributed by atoms with Crippen molar-refractivity contribution in [2.24, 2.45) is 0 Å². The summed E-state index contributed by atoms with van der Waals surface area (Å²) in [7, 11) is 1.56. The van der Waals surface area contributed by atoms with E-state index < -0.39 is 0 Å². The third kappa shape index (κ3) is 3.17. The predicted octanol–water partition coefficient (Wildman–Crippen LogP) is 1.44. The highest BCUT2D eigenvalue weighted by atomic mass is 35.5. The topological polar surface area (TPSA) is 84.8 Å². The summed E-state index contributed by atoms with van der Waals surface area (Å²) in [5, 5.41) is 7.27. The molecule has 2 aromatic rings. The Morgan fingerprint density at radius 2 is 2.40 bits per heavy atom. The molecule has 2 heterocycles. The second-order valence-electron chi connectivity index (χ2n) is 4.23. The molecule has 0 spiro atoms. The van der Waals surface area contributed by atoms with Crippen molar-refractivity contribution in [2.45, 2.75) is 19.5 Å². The molecule has 8 heteroatoms. The van der Waals surface area contributed by atoms with Gasteiger partial charge in [-0.1, -0.05) is 11.6 Å². The Morgan fingerprint density at radius 1 is 1.60 bits per heavy atom. The van der Waals surface area contributed by atoms with Gasteiger partial charge in [-0.15, -0.1) is 0 Å². The van der Waals surface area contributed by atoms with Crippen LogP contribution in [-0.2, 0) is 11.3 Å². The highest BCUT2D eigenvalue weighted by Crippen LogP contribution is 2.20. The van der Waals surface area contributed by atoms with Gasteiger partial charge in [0, 0.05) is 19.5 Å². The van der Waals surface area contributed by atoms with E-state index in [-0.39, 0.29) is 16.6 Å². The van der Waals surface area contributed by atoms with Crippen LogP contribution in [0.4, 0.5) is 5.69 Å². The van der Waals surface area contributed by atoms with Gasteiger partial charge >= 0.3 is 0 Å². The minimum atomic E-state index is -0.347. The van der Waals surface area contributed by atoms with Gasteiger partial charge in [0.2, 0.25) is 0 Å². The summed E-state index contributed by atoms with van der Waals surface area (Å²) in [5.74, 6) is 0.754. The van der Waals surface area contributed by atoms with E-state index in [0.29, 0.717) is 18.8 Å². The first-order valence-corrected chi connectivity index (χ1v) is 6.51. The van der Waals surface area contributed by atoms with Crippen LogP contribution in [0.15, 0.2) is 23.4 Å². The Hall–Kier alpha value is -1.86. The number of halogens is 1. The Kier molecular flexibility index (Phi) is 4.75. The van der Waals surface area contributed by atoms with Gasteiger partial charge < -0.3 is 15.0 Å². The van der Waals surface area contributed by atoms with Gasteiger partial charge in [-0.25, -0.2) is 9.67 Å². The number of nitrogens with one attached hydrogen (secondary N) is 2. The maximum absolute atomic E-state index is 12.0. The number of aromatic amines is 1. The quantitative estimate of drug-likeness (QED) is 0.843. The standard InChI is InChI=1S/C12H16ClN5O2/c1-8(11-14-3-4-15-11)17-9-7-16-18(5-6-20-2)12(19)10(9)13/h3-4,7-8,17H,5-6H2,1-2H3,(H,14,15). The number of imidazole rings is 1. The molecule has 0 bridgehead atoms. The van der Waals surface area contributed by atoms with Gasteiger partial charge in [-0.2, -0.15) is 5.10 Å². The molecule has 20 heavy (non-hydrogen) atoms. The van der Waals surface area contributed by atoms with Gasteiger partial charge in [0.15, 0.2) is 0 Å². The van der Waals surface area contributed by atoms with Crippen molar-refractivity contribution < 1.29 is 4.74 Å². The van der Waals surface area contributed by atoms with Gasteiger partial charge in [-0.05, 0) is 6.92 Å². The molecular formula is C12H16ClN5O2. The molecule has 0 aliphatic heterocycles. The molecule has 0 fully saturated rings. The molecule has 2 aromatic heterocycles. The van der Waals surface area contributed by atoms with Crippen molar-refractivity contribution in [3.8, 4) is 0 Å². The fraction of sp³-hybridized carbons (Fsp3) is 0.417. The summed E-state index contributed by atoms with van der Waals surface area (Å²) in [6.07, 6.45) is 4.92. The molecule has 2 N–H and O–H groups in total. The van der Waals surface area contributed by atoms with E-state index in [1.165, 1.54) is 10.9 Å². The number of methoxy groups -OCH3 is 1. The van der Waals surface area contributed by atoms with Gasteiger partial charge in [0.05, 0.1) is 31.1 Å². The molecule has 0 amide bonds. The van der Waals surface area contributed by atoms with Crippen molar-refractivity contribution >= 4 is 17.3 Å². The van der Waals surface area contributed by atoms with Gasteiger partial charge in [0.25, 0.3) is 5.56 Å². The fourth-order valence-corrected chi connectivity index (χ4v) is 1.92. The highest BCUT2D eigenvalue weighted by Gasteiger charge is 2.13. The van der Waals surface area contributed by atoms with Crippen molar-refractivity contribution in [1.82, 2.24) is 19.7 Å². The Bertz CT molecular complexity index is 611. The lowest BCUT2D eigenvalue weighted by atomic mass is 10.3. The Balaban J connectivity index is 2.17. The molecule has 108 valence electrons. The Labute approximate surface area is 120 Å². The fourth-order valence-electron chi connectivity index (χ4n) is 1.72. The first kappa shape index (κ1) is 14.5. The third-order valence-corrected chi connectivity index (χ3v) is 3.16. The zero-order valence-corrected chi connectivity index (χ0v) is 12.0. The number of anilines is 1. The summed E-state index contributed by atoms with van der Waals surface area (Å²) < 4.78 is 6.19. The van der Waals surface area contributed by atoms with Crippen molar-refractivity contribution in [2.75, 3.05) is 19.0 Å². The first-order chi connectivity index (χ1) is 9.63. The molecule has 0 aliphatic carbocycles. The molecule has 0 saturated carbocycles. The van der Waals surface area contributed by atoms with Crippen LogP contribution >= 0.6 is 11.6 Å². The molecule has 0 radical (unpaired) electrons. The van der Waals surface area contributed by atoms with Crippen LogP contribution in [0.1, 0.15) is 18.8 Å². The molecule has 1 unspecified atom stereocenters. The second-order valence-corrected chi connectivity index (χ2v) is 4.61. The van der Waals surface area contributed by atoms with Crippen molar-refractivity contribution in [3.63, 3.8) is 0 Å². The normalized spacial score (nSPS) is 12.3. The number of nitrogens with zero attached hydrogens (tertiary/aromatic N) is 3. The number of hydrogen-bond donors (Lipinski definition) is 2. The monoisotopic (exact) mass is 297 g/mol. The van der Waals surface area contributed by atoms with E-state index in [2.05, 4.69) is 20.4 Å². The van der Waals surface area contributed by atoms with Gasteiger partial charge in [0.1, 0.15) is 10.8 Å². The van der Waals surface area contributed by atoms with Crippen LogP contribution in [-0.4, -0.2) is 33.5 Å². The van der Waals surface area contributed by atoms with E-state index in [0.717, 1.165) is 5.82 Å². The minimum absolute atomic E-state index is 0.106. The SMILES string of the molecule is COCCn1ncc(NC(C)c2ncc[nH]2)c(Cl)c1=O. The maximum atomic E-state index is 12.0. The molecule has 0 aromatic carbocycles. The van der Waals surface area contributed by atoms with E-state index in [1.807, 2.05) is 6.92 Å². The molecule has 0 aliphatic rings. The van der Waals surface area contributed by atoms with Crippen LogP contribution < -0.4 is 10.9 Å². The third-order valence-electron chi connectivity index (χ3n) is 2.79. The van der Waals surface area contributed by atoms with E-state index in [9.17, 15) is 4.79 Å². The average molecular weight is 298 g/mol. The summed E-state index contributed by atoms with van der Waals surface area (Å²) in [4.78, 5) is 19.1. The Morgan fingerprint density at radius 3 is 3.05 bits per heavy atom. The summed E-state index contributed by atoms with van der Waals surface area (Å²) >= 11 is 6.08. The van der Waals surface area contributed by atoms with Crippen molar-refractivity contribution in [1.29, 1.82) is 0 Å². The minimum Gasteiger partial charge on any atom is -0.383 e. The summed E-state index contributed by atoms with van der Waals surface area (Å²) in [6.45, 7) is 2.67. The van der Waals surface area contributed by atoms with Crippen LogP contribution in [0.2, 0.25) is 5.02 Å². The number of H-pyrrole nitrogens is 1. The molecular weight excluding hydrogens is 282 g/mol. The van der Waals surface area contributed by atoms with E-state index in [4.69, 9.17) is 16.3 Å². The average Bonchev–Trinajstić information content (AvgIpc) is 2.97. The maximum Gasteiger partial charge on any atom is 0.287 e. The number of ether oxygens (including phenoxy) is 1. The summed E-state index contributed by atoms with van der Waals surface area (Å²) in [6, 6.07) is -0.112. The largest absolute Gasteiger partial charge is 0.383 e. The zero-order valence-electron chi connectivity index (χ0n) is 11.3. The second kappa shape index (κ2) is 6.53. The van der Waals surface area contributed by atoms with Crippen LogP contribution in [0, 0.1) is 0 Å².